The summed E-state index contributed by atoms with van der Waals surface area (Å²) in [5.41, 5.74) is 1.73. The van der Waals surface area contributed by atoms with Crippen molar-refractivity contribution in [3.8, 4) is 0 Å². The maximum atomic E-state index is 12.2. The molecule has 1 unspecified atom stereocenters. The van der Waals surface area contributed by atoms with Gasteiger partial charge in [0.1, 0.15) is 0 Å². The SMILES string of the molecule is CC(NS(=O)(=O)N(C)Cc1ccccc1)c1cn[nH]c1. The summed E-state index contributed by atoms with van der Waals surface area (Å²) in [4.78, 5) is 0. The quantitative estimate of drug-likeness (QED) is 0.846. The largest absolute Gasteiger partial charge is 0.285 e. The van der Waals surface area contributed by atoms with Crippen LogP contribution in [0.15, 0.2) is 42.7 Å². The molecule has 108 valence electrons. The molecular formula is C13H18N4O2S. The monoisotopic (exact) mass is 294 g/mol. The van der Waals surface area contributed by atoms with Crippen LogP contribution in [0, 0.1) is 0 Å². The second-order valence-electron chi connectivity index (χ2n) is 4.62. The van der Waals surface area contributed by atoms with Crippen LogP contribution in [-0.2, 0) is 16.8 Å². The number of aromatic nitrogens is 2. The van der Waals surface area contributed by atoms with Gasteiger partial charge in [-0.05, 0) is 12.5 Å². The highest BCUT2D eigenvalue weighted by Crippen LogP contribution is 2.13. The molecule has 1 aromatic carbocycles. The van der Waals surface area contributed by atoms with Gasteiger partial charge in [-0.15, -0.1) is 0 Å². The zero-order chi connectivity index (χ0) is 14.6. The number of H-pyrrole nitrogens is 1. The Labute approximate surface area is 119 Å². The van der Waals surface area contributed by atoms with E-state index >= 15 is 0 Å². The lowest BCUT2D eigenvalue weighted by Gasteiger charge is -2.20. The van der Waals surface area contributed by atoms with Gasteiger partial charge in [-0.1, -0.05) is 30.3 Å². The second kappa shape index (κ2) is 6.17. The third-order valence-electron chi connectivity index (χ3n) is 3.00. The summed E-state index contributed by atoms with van der Waals surface area (Å²) in [6.45, 7) is 2.10. The lowest BCUT2D eigenvalue weighted by molar-refractivity contribution is 0.447. The van der Waals surface area contributed by atoms with Gasteiger partial charge in [0.15, 0.2) is 0 Å². The van der Waals surface area contributed by atoms with E-state index in [1.807, 2.05) is 30.3 Å². The number of aromatic amines is 1. The normalized spacial score (nSPS) is 13.6. The first kappa shape index (κ1) is 14.7. The molecule has 2 N–H and O–H groups in total. The molecule has 2 rings (SSSR count). The fourth-order valence-electron chi connectivity index (χ4n) is 1.80. The third-order valence-corrected chi connectivity index (χ3v) is 4.60. The first-order valence-corrected chi connectivity index (χ1v) is 7.69. The molecule has 1 atom stereocenters. The maximum Gasteiger partial charge on any atom is 0.280 e. The van der Waals surface area contributed by atoms with Crippen LogP contribution in [-0.4, -0.2) is 30.0 Å². The first-order valence-electron chi connectivity index (χ1n) is 6.25. The van der Waals surface area contributed by atoms with Crippen molar-refractivity contribution in [2.45, 2.75) is 19.5 Å². The van der Waals surface area contributed by atoms with Crippen LogP contribution in [0.3, 0.4) is 0 Å². The highest BCUT2D eigenvalue weighted by molar-refractivity contribution is 7.87. The van der Waals surface area contributed by atoms with Crippen LogP contribution in [0.5, 0.6) is 0 Å². The fourth-order valence-corrected chi connectivity index (χ4v) is 2.89. The van der Waals surface area contributed by atoms with Crippen molar-refractivity contribution >= 4 is 10.2 Å². The summed E-state index contributed by atoms with van der Waals surface area (Å²) in [5, 5.41) is 6.48. The highest BCUT2D eigenvalue weighted by atomic mass is 32.2. The number of hydrogen-bond acceptors (Lipinski definition) is 3. The second-order valence-corrected chi connectivity index (χ2v) is 6.43. The van der Waals surface area contributed by atoms with Crippen molar-refractivity contribution in [2.24, 2.45) is 0 Å². The van der Waals surface area contributed by atoms with Gasteiger partial charge in [0.05, 0.1) is 6.20 Å². The summed E-state index contributed by atoms with van der Waals surface area (Å²) >= 11 is 0. The zero-order valence-corrected chi connectivity index (χ0v) is 12.3. The van der Waals surface area contributed by atoms with Gasteiger partial charge in [0, 0.05) is 31.4 Å². The van der Waals surface area contributed by atoms with Gasteiger partial charge in [0.25, 0.3) is 10.2 Å². The van der Waals surface area contributed by atoms with Crippen LogP contribution in [0.25, 0.3) is 0 Å². The lowest BCUT2D eigenvalue weighted by atomic mass is 10.2. The van der Waals surface area contributed by atoms with Crippen LogP contribution in [0.4, 0.5) is 0 Å². The van der Waals surface area contributed by atoms with Crippen LogP contribution in [0.1, 0.15) is 24.1 Å². The number of rotatable bonds is 6. The Morgan fingerprint density at radius 1 is 1.35 bits per heavy atom. The number of nitrogens with zero attached hydrogens (tertiary/aromatic N) is 2. The number of nitrogens with one attached hydrogen (secondary N) is 2. The van der Waals surface area contributed by atoms with Gasteiger partial charge >= 0.3 is 0 Å². The molecule has 0 saturated heterocycles. The minimum Gasteiger partial charge on any atom is -0.285 e. The molecule has 0 aliphatic heterocycles. The topological polar surface area (TPSA) is 78.1 Å². The summed E-state index contributed by atoms with van der Waals surface area (Å²) < 4.78 is 28.4. The summed E-state index contributed by atoms with van der Waals surface area (Å²) in [7, 11) is -1.99. The third kappa shape index (κ3) is 3.66. The van der Waals surface area contributed by atoms with Crippen molar-refractivity contribution in [3.63, 3.8) is 0 Å². The Balaban J connectivity index is 2.02. The minimum atomic E-state index is -3.54. The first-order chi connectivity index (χ1) is 9.49. The van der Waals surface area contributed by atoms with Crippen molar-refractivity contribution < 1.29 is 8.42 Å². The molecule has 7 heteroatoms. The van der Waals surface area contributed by atoms with Gasteiger partial charge in [-0.25, -0.2) is 0 Å². The Hall–Kier alpha value is -1.70. The average molecular weight is 294 g/mol. The molecule has 1 heterocycles. The summed E-state index contributed by atoms with van der Waals surface area (Å²) in [6, 6.07) is 9.13. The van der Waals surface area contributed by atoms with Gasteiger partial charge in [0.2, 0.25) is 0 Å². The fraction of sp³-hybridized carbons (Fsp3) is 0.308. The average Bonchev–Trinajstić information content (AvgIpc) is 2.93. The molecule has 0 amide bonds. The van der Waals surface area contributed by atoms with E-state index in [-0.39, 0.29) is 6.04 Å². The molecular weight excluding hydrogens is 276 g/mol. The zero-order valence-electron chi connectivity index (χ0n) is 11.4. The van der Waals surface area contributed by atoms with Gasteiger partial charge in [-0.3, -0.25) is 5.10 Å². The lowest BCUT2D eigenvalue weighted by Crippen LogP contribution is -2.39. The van der Waals surface area contributed by atoms with Crippen molar-refractivity contribution in [1.82, 2.24) is 19.2 Å². The Bertz CT molecular complexity index is 626. The van der Waals surface area contributed by atoms with Gasteiger partial charge < -0.3 is 0 Å². The van der Waals surface area contributed by atoms with E-state index in [2.05, 4.69) is 14.9 Å². The Kier molecular flexibility index (Phi) is 4.53. The van der Waals surface area contributed by atoms with E-state index in [4.69, 9.17) is 0 Å². The van der Waals surface area contributed by atoms with Crippen LogP contribution in [0.2, 0.25) is 0 Å². The standard InChI is InChI=1S/C13H18N4O2S/c1-11(13-8-14-15-9-13)16-20(18,19)17(2)10-12-6-4-3-5-7-12/h3-9,11,16H,10H2,1-2H3,(H,14,15). The molecule has 1 aromatic heterocycles. The summed E-state index contributed by atoms with van der Waals surface area (Å²) in [6.07, 6.45) is 3.27. The van der Waals surface area contributed by atoms with Gasteiger partial charge in [-0.2, -0.15) is 22.5 Å². The molecule has 0 spiro atoms. The number of benzene rings is 1. The minimum absolute atomic E-state index is 0.328. The Morgan fingerprint density at radius 2 is 2.05 bits per heavy atom. The summed E-state index contributed by atoms with van der Waals surface area (Å²) in [5.74, 6) is 0. The number of hydrogen-bond donors (Lipinski definition) is 2. The van der Waals surface area contributed by atoms with E-state index < -0.39 is 10.2 Å². The molecule has 20 heavy (non-hydrogen) atoms. The molecule has 6 nitrogen and oxygen atoms in total. The molecule has 0 aliphatic rings. The molecule has 0 saturated carbocycles. The molecule has 0 bridgehead atoms. The predicted molar refractivity (Wildman–Crippen MR) is 77.0 cm³/mol. The Morgan fingerprint density at radius 3 is 2.65 bits per heavy atom. The van der Waals surface area contributed by atoms with E-state index in [0.717, 1.165) is 11.1 Å². The predicted octanol–water partition coefficient (Wildman–Crippen LogP) is 1.44. The van der Waals surface area contributed by atoms with Crippen molar-refractivity contribution in [2.75, 3.05) is 7.05 Å². The van der Waals surface area contributed by atoms with E-state index in [1.165, 1.54) is 4.31 Å². The van der Waals surface area contributed by atoms with Crippen molar-refractivity contribution in [3.05, 3.63) is 53.9 Å². The van der Waals surface area contributed by atoms with E-state index in [1.54, 1.807) is 26.4 Å². The maximum absolute atomic E-state index is 12.2. The molecule has 0 aliphatic carbocycles. The molecule has 0 radical (unpaired) electrons. The van der Waals surface area contributed by atoms with E-state index in [0.29, 0.717) is 6.54 Å². The van der Waals surface area contributed by atoms with Crippen LogP contribution >= 0.6 is 0 Å². The molecule has 0 fully saturated rings. The van der Waals surface area contributed by atoms with Crippen LogP contribution < -0.4 is 4.72 Å². The molecule has 2 aromatic rings. The smallest absolute Gasteiger partial charge is 0.280 e. The van der Waals surface area contributed by atoms with E-state index in [9.17, 15) is 8.42 Å². The highest BCUT2D eigenvalue weighted by Gasteiger charge is 2.21. The van der Waals surface area contributed by atoms with Crippen molar-refractivity contribution in [1.29, 1.82) is 0 Å².